The number of benzene rings is 1. The molecule has 0 aliphatic carbocycles. The molecule has 1 aromatic carbocycles. The van der Waals surface area contributed by atoms with Crippen LogP contribution in [0.25, 0.3) is 6.08 Å². The summed E-state index contributed by atoms with van der Waals surface area (Å²) in [4.78, 5) is 0. The van der Waals surface area contributed by atoms with E-state index in [1.54, 1.807) is 7.11 Å². The van der Waals surface area contributed by atoms with Crippen molar-refractivity contribution in [2.45, 2.75) is 39.0 Å². The van der Waals surface area contributed by atoms with Gasteiger partial charge in [0.1, 0.15) is 5.75 Å². The molecule has 1 aromatic rings. The van der Waals surface area contributed by atoms with Gasteiger partial charge >= 0.3 is 0 Å². The lowest BCUT2D eigenvalue weighted by atomic mass is 9.86. The van der Waals surface area contributed by atoms with E-state index in [9.17, 15) is 0 Å². The third-order valence-electron chi connectivity index (χ3n) is 2.97. The van der Waals surface area contributed by atoms with Crippen LogP contribution < -0.4 is 10.5 Å². The molecule has 0 bridgehead atoms. The first-order valence-electron chi connectivity index (χ1n) is 6.54. The summed E-state index contributed by atoms with van der Waals surface area (Å²) in [6.45, 7) is 7.40. The Labute approximate surface area is 111 Å². The summed E-state index contributed by atoms with van der Waals surface area (Å²) in [5.74, 6) is 0.923. The molecule has 2 nitrogen and oxygen atoms in total. The summed E-state index contributed by atoms with van der Waals surface area (Å²) in [5.41, 5.74) is 8.11. The molecule has 0 aromatic heterocycles. The van der Waals surface area contributed by atoms with Gasteiger partial charge in [0.2, 0.25) is 0 Å². The third-order valence-corrected chi connectivity index (χ3v) is 2.97. The Morgan fingerprint density at radius 1 is 1.28 bits per heavy atom. The summed E-state index contributed by atoms with van der Waals surface area (Å²) < 4.78 is 5.39. The van der Waals surface area contributed by atoms with Crippen molar-refractivity contribution >= 4 is 6.08 Å². The molecule has 0 atom stereocenters. The Morgan fingerprint density at radius 3 is 2.56 bits per heavy atom. The molecule has 18 heavy (non-hydrogen) atoms. The van der Waals surface area contributed by atoms with Crippen LogP contribution >= 0.6 is 0 Å². The molecule has 100 valence electrons. The van der Waals surface area contributed by atoms with E-state index in [-0.39, 0.29) is 5.41 Å². The first kappa shape index (κ1) is 14.8. The van der Waals surface area contributed by atoms with Gasteiger partial charge in [0.05, 0.1) is 7.11 Å². The summed E-state index contributed by atoms with van der Waals surface area (Å²) in [6.07, 6.45) is 6.33. The summed E-state index contributed by atoms with van der Waals surface area (Å²) in [5, 5.41) is 0. The van der Waals surface area contributed by atoms with Gasteiger partial charge in [-0.25, -0.2) is 0 Å². The standard InChI is InChI=1S/C16H25NO/c1-16(2,3)14-9-10-15(18-4)13(12-14)8-6-5-7-11-17/h6,8-10,12H,5,7,11,17H2,1-4H3/b8-6+. The van der Waals surface area contributed by atoms with E-state index < -0.39 is 0 Å². The lowest BCUT2D eigenvalue weighted by Gasteiger charge is -2.20. The molecule has 0 unspecified atom stereocenters. The molecule has 0 fully saturated rings. The second-order valence-electron chi connectivity index (χ2n) is 5.54. The average molecular weight is 247 g/mol. The maximum Gasteiger partial charge on any atom is 0.126 e. The topological polar surface area (TPSA) is 35.2 Å². The van der Waals surface area contributed by atoms with Crippen molar-refractivity contribution in [3.63, 3.8) is 0 Å². The lowest BCUT2D eigenvalue weighted by molar-refractivity contribution is 0.413. The zero-order valence-electron chi connectivity index (χ0n) is 12.0. The van der Waals surface area contributed by atoms with Crippen LogP contribution in [0.1, 0.15) is 44.7 Å². The van der Waals surface area contributed by atoms with Crippen molar-refractivity contribution in [1.29, 1.82) is 0 Å². The Bertz CT molecular complexity index is 402. The van der Waals surface area contributed by atoms with Crippen LogP contribution in [0.2, 0.25) is 0 Å². The van der Waals surface area contributed by atoms with Crippen LogP contribution in [0.4, 0.5) is 0 Å². The smallest absolute Gasteiger partial charge is 0.126 e. The lowest BCUT2D eigenvalue weighted by Crippen LogP contribution is -2.11. The van der Waals surface area contributed by atoms with Crippen LogP contribution in [0.3, 0.4) is 0 Å². The zero-order valence-corrected chi connectivity index (χ0v) is 12.0. The molecule has 0 amide bonds. The molecule has 0 saturated carbocycles. The molecule has 0 radical (unpaired) electrons. The van der Waals surface area contributed by atoms with E-state index >= 15 is 0 Å². The minimum atomic E-state index is 0.159. The minimum Gasteiger partial charge on any atom is -0.496 e. The number of hydrogen-bond donors (Lipinski definition) is 1. The number of nitrogens with two attached hydrogens (primary N) is 1. The summed E-state index contributed by atoms with van der Waals surface area (Å²) in [6, 6.07) is 6.39. The fraction of sp³-hybridized carbons (Fsp3) is 0.500. The summed E-state index contributed by atoms with van der Waals surface area (Å²) >= 11 is 0. The second kappa shape index (κ2) is 6.60. The maximum absolute atomic E-state index is 5.49. The molecule has 2 N–H and O–H groups in total. The van der Waals surface area contributed by atoms with Crippen molar-refractivity contribution in [3.05, 3.63) is 35.4 Å². The monoisotopic (exact) mass is 247 g/mol. The number of allylic oxidation sites excluding steroid dienone is 1. The van der Waals surface area contributed by atoms with Crippen molar-refractivity contribution in [3.8, 4) is 5.75 Å². The van der Waals surface area contributed by atoms with Gasteiger partial charge in [-0.1, -0.05) is 39.0 Å². The highest BCUT2D eigenvalue weighted by atomic mass is 16.5. The SMILES string of the molecule is COc1ccc(C(C)(C)C)cc1/C=C/CCCN. The van der Waals surface area contributed by atoms with Gasteiger partial charge in [-0.15, -0.1) is 0 Å². The van der Waals surface area contributed by atoms with Gasteiger partial charge in [-0.3, -0.25) is 0 Å². The quantitative estimate of drug-likeness (QED) is 0.804. The van der Waals surface area contributed by atoms with Crippen molar-refractivity contribution < 1.29 is 4.74 Å². The number of unbranched alkanes of at least 4 members (excludes halogenated alkanes) is 1. The van der Waals surface area contributed by atoms with Crippen molar-refractivity contribution in [1.82, 2.24) is 0 Å². The minimum absolute atomic E-state index is 0.159. The van der Waals surface area contributed by atoms with Crippen LogP contribution in [-0.2, 0) is 5.41 Å². The van der Waals surface area contributed by atoms with E-state index in [4.69, 9.17) is 10.5 Å². The number of methoxy groups -OCH3 is 1. The van der Waals surface area contributed by atoms with E-state index in [2.05, 4.69) is 45.1 Å². The first-order chi connectivity index (χ1) is 8.49. The maximum atomic E-state index is 5.49. The normalized spacial score (nSPS) is 12.1. The number of hydrogen-bond acceptors (Lipinski definition) is 2. The van der Waals surface area contributed by atoms with Crippen LogP contribution in [0, 0.1) is 0 Å². The van der Waals surface area contributed by atoms with E-state index in [0.29, 0.717) is 0 Å². The molecule has 0 saturated heterocycles. The average Bonchev–Trinajstić information content (AvgIpc) is 2.33. The Kier molecular flexibility index (Phi) is 5.42. The van der Waals surface area contributed by atoms with Gasteiger partial charge < -0.3 is 10.5 Å². The van der Waals surface area contributed by atoms with Crippen LogP contribution in [0.15, 0.2) is 24.3 Å². The molecule has 2 heteroatoms. The molecule has 0 aliphatic heterocycles. The summed E-state index contributed by atoms with van der Waals surface area (Å²) in [7, 11) is 1.71. The Balaban J connectivity index is 2.96. The number of ether oxygens (including phenoxy) is 1. The Hall–Kier alpha value is -1.28. The van der Waals surface area contributed by atoms with Crippen molar-refractivity contribution in [2.24, 2.45) is 5.73 Å². The second-order valence-corrected chi connectivity index (χ2v) is 5.54. The number of rotatable bonds is 5. The van der Waals surface area contributed by atoms with Gasteiger partial charge in [-0.2, -0.15) is 0 Å². The first-order valence-corrected chi connectivity index (χ1v) is 6.54. The Morgan fingerprint density at radius 2 is 2.00 bits per heavy atom. The highest BCUT2D eigenvalue weighted by molar-refractivity contribution is 5.59. The highest BCUT2D eigenvalue weighted by Gasteiger charge is 2.14. The van der Waals surface area contributed by atoms with E-state index in [1.165, 1.54) is 5.56 Å². The van der Waals surface area contributed by atoms with Gasteiger partial charge in [0, 0.05) is 5.56 Å². The predicted octanol–water partition coefficient (Wildman–Crippen LogP) is 3.74. The van der Waals surface area contributed by atoms with E-state index in [0.717, 1.165) is 30.7 Å². The molecule has 0 aliphatic rings. The van der Waals surface area contributed by atoms with Crippen LogP contribution in [-0.4, -0.2) is 13.7 Å². The van der Waals surface area contributed by atoms with Gasteiger partial charge in [-0.05, 0) is 42.5 Å². The van der Waals surface area contributed by atoms with Crippen LogP contribution in [0.5, 0.6) is 5.75 Å². The largest absolute Gasteiger partial charge is 0.496 e. The van der Waals surface area contributed by atoms with Gasteiger partial charge in [0.25, 0.3) is 0 Å². The van der Waals surface area contributed by atoms with E-state index in [1.807, 2.05) is 6.07 Å². The molecular formula is C16H25NO. The van der Waals surface area contributed by atoms with Gasteiger partial charge in [0.15, 0.2) is 0 Å². The fourth-order valence-corrected chi connectivity index (χ4v) is 1.78. The predicted molar refractivity (Wildman–Crippen MR) is 79.0 cm³/mol. The zero-order chi connectivity index (χ0) is 13.6. The molecule has 0 heterocycles. The highest BCUT2D eigenvalue weighted by Crippen LogP contribution is 2.28. The molecule has 0 spiro atoms. The fourth-order valence-electron chi connectivity index (χ4n) is 1.78. The molecular weight excluding hydrogens is 222 g/mol. The third kappa shape index (κ3) is 4.19. The molecule has 1 rings (SSSR count). The van der Waals surface area contributed by atoms with Crippen molar-refractivity contribution in [2.75, 3.05) is 13.7 Å².